The first-order chi connectivity index (χ1) is 16.1. The molecule has 0 saturated heterocycles. The number of sulfonamides is 1. The summed E-state index contributed by atoms with van der Waals surface area (Å²) in [5, 5.41) is 0. The molecule has 34 heavy (non-hydrogen) atoms. The monoisotopic (exact) mass is 498 g/mol. The Bertz CT molecular complexity index is 1090. The number of likely N-dealkylation sites (N-methyl/N-ethyl adjacent to an activating group) is 1. The zero-order valence-electron chi connectivity index (χ0n) is 19.1. The summed E-state index contributed by atoms with van der Waals surface area (Å²) in [7, 11) is -2.86. The Hall–Kier alpha value is -2.33. The highest BCUT2D eigenvalue weighted by Crippen LogP contribution is 2.38. The van der Waals surface area contributed by atoms with E-state index in [9.17, 15) is 26.4 Å². The summed E-state index contributed by atoms with van der Waals surface area (Å²) in [4.78, 5) is 14.5. The lowest BCUT2D eigenvalue weighted by molar-refractivity contribution is -0.306. The number of fused-ring (bicyclic) bond motifs is 1. The van der Waals surface area contributed by atoms with Crippen molar-refractivity contribution in [2.24, 2.45) is 5.92 Å². The van der Waals surface area contributed by atoms with Gasteiger partial charge in [0.15, 0.2) is 0 Å². The first-order valence-corrected chi connectivity index (χ1v) is 13.0. The molecule has 1 saturated carbocycles. The van der Waals surface area contributed by atoms with Gasteiger partial charge in [0, 0.05) is 25.7 Å². The molecule has 1 amide bonds. The van der Waals surface area contributed by atoms with Crippen LogP contribution in [0.5, 0.6) is 0 Å². The van der Waals surface area contributed by atoms with E-state index >= 15 is 0 Å². The molecule has 1 atom stereocenters. The minimum atomic E-state index is -5.01. The molecule has 0 radical (unpaired) electrons. The number of amides is 1. The molecule has 4 rings (SSSR count). The van der Waals surface area contributed by atoms with Crippen LogP contribution >= 0.6 is 0 Å². The van der Waals surface area contributed by atoms with Crippen molar-refractivity contribution in [3.8, 4) is 0 Å². The van der Waals surface area contributed by atoms with Crippen molar-refractivity contribution in [3.05, 3.63) is 52.6 Å². The minimum absolute atomic E-state index is 0.109. The van der Waals surface area contributed by atoms with Crippen LogP contribution in [-0.4, -0.2) is 38.1 Å². The predicted molar refractivity (Wildman–Crippen MR) is 122 cm³/mol. The van der Waals surface area contributed by atoms with Gasteiger partial charge in [0.25, 0.3) is 0 Å². The number of allylic oxidation sites excluding steroid dienone is 3. The number of rotatable bonds is 5. The number of benzene rings is 1. The summed E-state index contributed by atoms with van der Waals surface area (Å²) in [5.74, 6) is -0.834. The van der Waals surface area contributed by atoms with E-state index in [1.54, 1.807) is 31.3 Å². The highest BCUT2D eigenvalue weighted by atomic mass is 32.2. The van der Waals surface area contributed by atoms with Gasteiger partial charge in [0.1, 0.15) is 16.7 Å². The number of anilines is 1. The maximum absolute atomic E-state index is 13.9. The Balaban J connectivity index is 1.80. The fourth-order valence-corrected chi connectivity index (χ4v) is 6.92. The maximum Gasteiger partial charge on any atom is 0.572 e. The second-order valence-corrected chi connectivity index (χ2v) is 11.0. The van der Waals surface area contributed by atoms with Crippen LogP contribution in [0.2, 0.25) is 0 Å². The van der Waals surface area contributed by atoms with Crippen molar-refractivity contribution in [1.82, 2.24) is 4.31 Å². The molecule has 1 aliphatic heterocycles. The molecule has 1 heterocycles. The van der Waals surface area contributed by atoms with Crippen molar-refractivity contribution in [2.75, 3.05) is 11.9 Å². The number of alkyl halides is 3. The summed E-state index contributed by atoms with van der Waals surface area (Å²) in [6, 6.07) is 5.99. The molecule has 1 unspecified atom stereocenters. The van der Waals surface area contributed by atoms with E-state index in [2.05, 4.69) is 4.74 Å². The first kappa shape index (κ1) is 24.8. The number of para-hydroxylation sites is 1. The molecule has 0 aromatic heterocycles. The Kier molecular flexibility index (Phi) is 7.09. The number of halogens is 3. The number of hydrogen-bond acceptors (Lipinski definition) is 4. The lowest BCUT2D eigenvalue weighted by Crippen LogP contribution is -2.49. The Morgan fingerprint density at radius 3 is 2.53 bits per heavy atom. The number of carbonyl (C=O) groups excluding carboxylic acids is 1. The molecule has 6 nitrogen and oxygen atoms in total. The summed E-state index contributed by atoms with van der Waals surface area (Å²) in [5.41, 5.74) is 1.21. The second-order valence-electron chi connectivity index (χ2n) is 9.11. The summed E-state index contributed by atoms with van der Waals surface area (Å²) in [6.45, 7) is -0.109. The Morgan fingerprint density at radius 2 is 1.82 bits per heavy atom. The third-order valence-electron chi connectivity index (χ3n) is 6.83. The van der Waals surface area contributed by atoms with Crippen LogP contribution < -0.4 is 4.90 Å². The molecule has 1 aromatic rings. The second kappa shape index (κ2) is 9.73. The quantitative estimate of drug-likeness (QED) is 0.558. The van der Waals surface area contributed by atoms with E-state index in [-0.39, 0.29) is 31.2 Å². The van der Waals surface area contributed by atoms with Gasteiger partial charge in [-0.05, 0) is 36.5 Å². The standard InChI is InChI=1S/C24H29F3N2O4S/c1-28-19-12-6-5-11-18(19)16-29(20(23(28)30)15-17-9-3-2-4-10-17)34(31,32)22-14-8-7-13-21(22)33-24(25,26)27/h5-6,8,11-12,14,17,20H,2-4,7,9-10,13,15-16H2,1H3. The van der Waals surface area contributed by atoms with E-state index in [1.807, 2.05) is 0 Å². The molecular formula is C24H29F3N2O4S. The lowest BCUT2D eigenvalue weighted by Gasteiger charge is -2.33. The number of nitrogens with zero attached hydrogens (tertiary/aromatic N) is 2. The number of carbonyl (C=O) groups is 1. The molecule has 0 N–H and O–H groups in total. The van der Waals surface area contributed by atoms with Gasteiger partial charge in [-0.1, -0.05) is 56.4 Å². The van der Waals surface area contributed by atoms with Gasteiger partial charge in [0.05, 0.1) is 0 Å². The zero-order chi connectivity index (χ0) is 24.5. The molecule has 0 spiro atoms. The molecule has 186 valence electrons. The van der Waals surface area contributed by atoms with Crippen LogP contribution in [0.1, 0.15) is 56.9 Å². The average Bonchev–Trinajstić information content (AvgIpc) is 2.90. The summed E-state index contributed by atoms with van der Waals surface area (Å²) >= 11 is 0. The van der Waals surface area contributed by atoms with Crippen LogP contribution in [0.25, 0.3) is 0 Å². The molecular weight excluding hydrogens is 469 g/mol. The van der Waals surface area contributed by atoms with Crippen molar-refractivity contribution in [1.29, 1.82) is 0 Å². The summed E-state index contributed by atoms with van der Waals surface area (Å²) in [6.07, 6.45) is 3.02. The molecule has 1 aromatic carbocycles. The SMILES string of the molecule is CN1C(=O)C(CC2CCCCC2)N(S(=O)(=O)C2=C(OC(F)(F)F)CCC=C2)Cc2ccccc21. The van der Waals surface area contributed by atoms with Crippen molar-refractivity contribution in [3.63, 3.8) is 0 Å². The maximum atomic E-state index is 13.9. The van der Waals surface area contributed by atoms with Crippen LogP contribution in [-0.2, 0) is 26.1 Å². The Morgan fingerprint density at radius 1 is 1.12 bits per heavy atom. The zero-order valence-corrected chi connectivity index (χ0v) is 19.9. The van der Waals surface area contributed by atoms with E-state index in [0.29, 0.717) is 17.7 Å². The molecule has 3 aliphatic rings. The topological polar surface area (TPSA) is 66.9 Å². The fraction of sp³-hybridized carbons (Fsp3) is 0.542. The normalized spacial score (nSPS) is 23.1. The van der Waals surface area contributed by atoms with E-state index < -0.39 is 33.1 Å². The van der Waals surface area contributed by atoms with Gasteiger partial charge in [-0.2, -0.15) is 4.31 Å². The third-order valence-corrected chi connectivity index (χ3v) is 8.75. The molecule has 10 heteroatoms. The fourth-order valence-electron chi connectivity index (χ4n) is 5.14. The van der Waals surface area contributed by atoms with E-state index in [4.69, 9.17) is 0 Å². The van der Waals surface area contributed by atoms with Crippen molar-refractivity contribution >= 4 is 21.6 Å². The molecule has 0 bridgehead atoms. The minimum Gasteiger partial charge on any atom is -0.409 e. The number of hydrogen-bond donors (Lipinski definition) is 0. The first-order valence-electron chi connectivity index (χ1n) is 11.6. The van der Waals surface area contributed by atoms with Crippen LogP contribution in [0.4, 0.5) is 18.9 Å². The average molecular weight is 499 g/mol. The highest BCUT2D eigenvalue weighted by molar-refractivity contribution is 7.93. The predicted octanol–water partition coefficient (Wildman–Crippen LogP) is 5.23. The molecule has 2 aliphatic carbocycles. The van der Waals surface area contributed by atoms with Gasteiger partial charge in [-0.15, -0.1) is 13.2 Å². The van der Waals surface area contributed by atoms with E-state index in [0.717, 1.165) is 36.4 Å². The van der Waals surface area contributed by atoms with Gasteiger partial charge < -0.3 is 9.64 Å². The summed E-state index contributed by atoms with van der Waals surface area (Å²) < 4.78 is 72.2. The lowest BCUT2D eigenvalue weighted by atomic mass is 9.84. The largest absolute Gasteiger partial charge is 0.572 e. The van der Waals surface area contributed by atoms with Crippen LogP contribution in [0, 0.1) is 5.92 Å². The highest BCUT2D eigenvalue weighted by Gasteiger charge is 2.44. The van der Waals surface area contributed by atoms with Gasteiger partial charge in [-0.3, -0.25) is 4.79 Å². The number of ether oxygens (including phenoxy) is 1. The van der Waals surface area contributed by atoms with Crippen molar-refractivity contribution < 1.29 is 31.1 Å². The van der Waals surface area contributed by atoms with E-state index in [1.165, 1.54) is 17.1 Å². The van der Waals surface area contributed by atoms with Gasteiger partial charge >= 0.3 is 6.36 Å². The van der Waals surface area contributed by atoms with Crippen molar-refractivity contribution in [2.45, 2.75) is 70.3 Å². The van der Waals surface area contributed by atoms with Crippen LogP contribution in [0.3, 0.4) is 0 Å². The third kappa shape index (κ3) is 5.17. The Labute approximate surface area is 198 Å². The van der Waals surface area contributed by atoms with Crippen LogP contribution in [0.15, 0.2) is 47.1 Å². The molecule has 1 fully saturated rings. The smallest absolute Gasteiger partial charge is 0.409 e. The van der Waals surface area contributed by atoms with Gasteiger partial charge in [0.2, 0.25) is 15.9 Å². The van der Waals surface area contributed by atoms with Gasteiger partial charge in [-0.25, -0.2) is 8.42 Å².